The highest BCUT2D eigenvalue weighted by atomic mass is 16.7. The highest BCUT2D eigenvalue weighted by molar-refractivity contribution is 5.85. The molecule has 6 nitrogen and oxygen atoms in total. The highest BCUT2D eigenvalue weighted by Gasteiger charge is 2.19. The van der Waals surface area contributed by atoms with Crippen molar-refractivity contribution in [3.05, 3.63) is 0 Å². The molecule has 0 heterocycles. The zero-order valence-electron chi connectivity index (χ0n) is 8.79. The van der Waals surface area contributed by atoms with E-state index in [1.165, 1.54) is 6.92 Å². The highest BCUT2D eigenvalue weighted by Crippen LogP contribution is 2.19. The van der Waals surface area contributed by atoms with Crippen LogP contribution in [-0.2, 0) is 9.63 Å². The number of hydroxylamine groups is 1. The van der Waals surface area contributed by atoms with Crippen molar-refractivity contribution in [2.45, 2.75) is 44.8 Å². The average molecular weight is 215 g/mol. The fourth-order valence-corrected chi connectivity index (χ4v) is 1.51. The minimum Gasteiger partial charge on any atom is -0.352 e. The van der Waals surface area contributed by atoms with E-state index in [4.69, 9.17) is 10.6 Å². The van der Waals surface area contributed by atoms with Crippen molar-refractivity contribution in [3.63, 3.8) is 0 Å². The lowest BCUT2D eigenvalue weighted by atomic mass is 10.3. The molecule has 4 N–H and O–H groups in total. The summed E-state index contributed by atoms with van der Waals surface area (Å²) in [6, 6.07) is -1.40. The first-order valence-corrected chi connectivity index (χ1v) is 5.11. The Bertz CT molecular complexity index is 239. The first-order chi connectivity index (χ1) is 7.09. The van der Waals surface area contributed by atoms with Gasteiger partial charge in [-0.3, -0.25) is 9.63 Å². The van der Waals surface area contributed by atoms with Crippen LogP contribution < -0.4 is 16.5 Å². The number of nitrogens with one attached hydrogen (secondary N) is 2. The fraction of sp³-hybridized carbons (Fsp3) is 0.778. The maximum atomic E-state index is 11.3. The van der Waals surface area contributed by atoms with Gasteiger partial charge in [0.15, 0.2) is 0 Å². The molecule has 1 unspecified atom stereocenters. The normalized spacial score (nSPS) is 18.5. The van der Waals surface area contributed by atoms with Gasteiger partial charge in [-0.1, -0.05) is 12.8 Å². The molecule has 0 aromatic rings. The van der Waals surface area contributed by atoms with Crippen LogP contribution in [0.4, 0.5) is 4.79 Å². The summed E-state index contributed by atoms with van der Waals surface area (Å²) >= 11 is 0. The van der Waals surface area contributed by atoms with E-state index in [9.17, 15) is 9.59 Å². The Morgan fingerprint density at radius 1 is 1.40 bits per heavy atom. The molecule has 0 aromatic carbocycles. The standard InChI is InChI=1S/C9H17N3O3/c1-6(11-9(10)14)8(13)12-15-7-4-2-3-5-7/h6-7H,2-5H2,1H3,(H,12,13)(H3,10,11,14). The van der Waals surface area contributed by atoms with Gasteiger partial charge in [-0.25, -0.2) is 10.3 Å². The zero-order valence-corrected chi connectivity index (χ0v) is 8.79. The minimum atomic E-state index is -0.724. The van der Waals surface area contributed by atoms with Crippen LogP contribution >= 0.6 is 0 Å². The molecule has 6 heteroatoms. The molecule has 1 atom stereocenters. The quantitative estimate of drug-likeness (QED) is 0.578. The molecule has 0 spiro atoms. The summed E-state index contributed by atoms with van der Waals surface area (Å²) in [5.74, 6) is -0.388. The Morgan fingerprint density at radius 3 is 2.53 bits per heavy atom. The monoisotopic (exact) mass is 215 g/mol. The van der Waals surface area contributed by atoms with E-state index in [0.717, 1.165) is 25.7 Å². The van der Waals surface area contributed by atoms with Gasteiger partial charge in [0, 0.05) is 0 Å². The van der Waals surface area contributed by atoms with Gasteiger partial charge in [0.1, 0.15) is 6.04 Å². The number of primary amides is 1. The Balaban J connectivity index is 2.19. The number of carbonyl (C=O) groups is 2. The summed E-state index contributed by atoms with van der Waals surface area (Å²) in [5.41, 5.74) is 7.20. The van der Waals surface area contributed by atoms with E-state index in [-0.39, 0.29) is 12.0 Å². The van der Waals surface area contributed by atoms with Gasteiger partial charge in [-0.2, -0.15) is 0 Å². The van der Waals surface area contributed by atoms with Crippen LogP contribution in [0.2, 0.25) is 0 Å². The second-order valence-electron chi connectivity index (χ2n) is 3.72. The maximum absolute atomic E-state index is 11.3. The average Bonchev–Trinajstić information content (AvgIpc) is 2.65. The molecular formula is C9H17N3O3. The van der Waals surface area contributed by atoms with E-state index in [0.29, 0.717) is 0 Å². The zero-order chi connectivity index (χ0) is 11.3. The number of amides is 3. The topological polar surface area (TPSA) is 93.5 Å². The molecule has 0 radical (unpaired) electrons. The Labute approximate surface area is 88.5 Å². The third-order valence-corrected chi connectivity index (χ3v) is 2.38. The Kier molecular flexibility index (Phi) is 4.36. The van der Waals surface area contributed by atoms with Gasteiger partial charge in [0.2, 0.25) is 0 Å². The van der Waals surface area contributed by atoms with Crippen molar-refractivity contribution in [1.29, 1.82) is 0 Å². The smallest absolute Gasteiger partial charge is 0.312 e. The summed E-state index contributed by atoms with van der Waals surface area (Å²) in [7, 11) is 0. The summed E-state index contributed by atoms with van der Waals surface area (Å²) < 4.78 is 0. The van der Waals surface area contributed by atoms with Crippen LogP contribution in [0.5, 0.6) is 0 Å². The van der Waals surface area contributed by atoms with Crippen molar-refractivity contribution in [3.8, 4) is 0 Å². The van der Waals surface area contributed by atoms with E-state index in [2.05, 4.69) is 10.8 Å². The number of nitrogens with two attached hydrogens (primary N) is 1. The lowest BCUT2D eigenvalue weighted by molar-refractivity contribution is -0.139. The van der Waals surface area contributed by atoms with Crippen molar-refractivity contribution < 1.29 is 14.4 Å². The lowest BCUT2D eigenvalue weighted by Crippen LogP contribution is -2.47. The summed E-state index contributed by atoms with van der Waals surface area (Å²) in [4.78, 5) is 27.0. The molecule has 15 heavy (non-hydrogen) atoms. The lowest BCUT2D eigenvalue weighted by Gasteiger charge is -2.15. The molecule has 1 aliphatic rings. The number of carbonyl (C=O) groups excluding carboxylic acids is 2. The number of urea groups is 1. The molecule has 3 amide bonds. The molecule has 1 fully saturated rings. The van der Waals surface area contributed by atoms with Gasteiger partial charge in [0.25, 0.3) is 5.91 Å². The molecule has 0 aromatic heterocycles. The molecular weight excluding hydrogens is 198 g/mol. The first-order valence-electron chi connectivity index (χ1n) is 5.11. The van der Waals surface area contributed by atoms with Crippen LogP contribution in [0.25, 0.3) is 0 Å². The van der Waals surface area contributed by atoms with Crippen LogP contribution in [0.1, 0.15) is 32.6 Å². The Hall–Kier alpha value is -1.30. The van der Waals surface area contributed by atoms with Crippen molar-refractivity contribution >= 4 is 11.9 Å². The SMILES string of the molecule is CC(NC(N)=O)C(=O)NOC1CCCC1. The molecule has 86 valence electrons. The second kappa shape index (κ2) is 5.55. The summed E-state index contributed by atoms with van der Waals surface area (Å²) in [6.45, 7) is 1.54. The Morgan fingerprint density at radius 2 is 2.00 bits per heavy atom. The van der Waals surface area contributed by atoms with E-state index in [1.807, 2.05) is 0 Å². The first kappa shape index (κ1) is 11.8. The minimum absolute atomic E-state index is 0.106. The molecule has 0 bridgehead atoms. The molecule has 1 rings (SSSR count). The van der Waals surface area contributed by atoms with Gasteiger partial charge in [-0.15, -0.1) is 0 Å². The van der Waals surface area contributed by atoms with Crippen LogP contribution in [0.15, 0.2) is 0 Å². The summed E-state index contributed by atoms with van der Waals surface area (Å²) in [5, 5.41) is 2.26. The van der Waals surface area contributed by atoms with Gasteiger partial charge >= 0.3 is 6.03 Å². The van der Waals surface area contributed by atoms with Gasteiger partial charge in [0.05, 0.1) is 6.10 Å². The second-order valence-corrected chi connectivity index (χ2v) is 3.72. The number of rotatable bonds is 4. The van der Waals surface area contributed by atoms with E-state index in [1.54, 1.807) is 0 Å². The van der Waals surface area contributed by atoms with E-state index < -0.39 is 12.1 Å². The molecule has 1 aliphatic carbocycles. The van der Waals surface area contributed by atoms with Crippen molar-refractivity contribution in [2.75, 3.05) is 0 Å². The predicted molar refractivity (Wildman–Crippen MR) is 53.7 cm³/mol. The third-order valence-electron chi connectivity index (χ3n) is 2.38. The van der Waals surface area contributed by atoms with Gasteiger partial charge < -0.3 is 11.1 Å². The van der Waals surface area contributed by atoms with Crippen molar-refractivity contribution in [1.82, 2.24) is 10.8 Å². The van der Waals surface area contributed by atoms with E-state index >= 15 is 0 Å². The van der Waals surface area contributed by atoms with Crippen molar-refractivity contribution in [2.24, 2.45) is 5.73 Å². The largest absolute Gasteiger partial charge is 0.352 e. The van der Waals surface area contributed by atoms with Gasteiger partial charge in [-0.05, 0) is 19.8 Å². The van der Waals surface area contributed by atoms with Crippen LogP contribution in [0.3, 0.4) is 0 Å². The summed E-state index contributed by atoms with van der Waals surface area (Å²) in [6.07, 6.45) is 4.32. The number of hydrogen-bond donors (Lipinski definition) is 3. The molecule has 1 saturated carbocycles. The van der Waals surface area contributed by atoms with Crippen LogP contribution in [0, 0.1) is 0 Å². The van der Waals surface area contributed by atoms with Crippen LogP contribution in [-0.4, -0.2) is 24.1 Å². The number of hydrogen-bond acceptors (Lipinski definition) is 3. The third kappa shape index (κ3) is 4.16. The molecule has 0 aliphatic heterocycles. The predicted octanol–water partition coefficient (Wildman–Crippen LogP) is 0.0336. The maximum Gasteiger partial charge on any atom is 0.312 e. The fourth-order valence-electron chi connectivity index (χ4n) is 1.51. The molecule has 0 saturated heterocycles.